The van der Waals surface area contributed by atoms with E-state index in [1.54, 1.807) is 12.1 Å². The van der Waals surface area contributed by atoms with E-state index in [-0.39, 0.29) is 24.5 Å². The maximum Gasteiger partial charge on any atom is 0.288 e. The molecule has 0 aromatic carbocycles. The lowest BCUT2D eigenvalue weighted by Crippen LogP contribution is -2.33. The fourth-order valence-corrected chi connectivity index (χ4v) is 1.85. The van der Waals surface area contributed by atoms with Gasteiger partial charge in [-0.2, -0.15) is 0 Å². The minimum Gasteiger partial charge on any atom is -0.467 e. The third kappa shape index (κ3) is 3.35. The molecule has 8 nitrogen and oxygen atoms in total. The smallest absolute Gasteiger partial charge is 0.288 e. The number of aromatic nitrogens is 1. The van der Waals surface area contributed by atoms with Gasteiger partial charge in [-0.1, -0.05) is 0 Å². The van der Waals surface area contributed by atoms with Crippen LogP contribution >= 0.6 is 0 Å². The van der Waals surface area contributed by atoms with Crippen LogP contribution in [0.4, 0.5) is 5.69 Å². The normalized spacial score (nSPS) is 10.3. The first-order chi connectivity index (χ1) is 9.99. The molecule has 0 saturated heterocycles. The van der Waals surface area contributed by atoms with E-state index in [2.05, 4.69) is 5.32 Å². The zero-order chi connectivity index (χ0) is 15.4. The van der Waals surface area contributed by atoms with Crippen LogP contribution in [0, 0.1) is 17.0 Å². The van der Waals surface area contributed by atoms with E-state index in [0.717, 1.165) is 16.7 Å². The average Bonchev–Trinajstić information content (AvgIpc) is 2.94. The van der Waals surface area contributed by atoms with Crippen molar-refractivity contribution in [3.05, 3.63) is 62.5 Å². The number of hydrogen-bond donors (Lipinski definition) is 1. The predicted molar refractivity (Wildman–Crippen MR) is 72.6 cm³/mol. The molecule has 0 aliphatic rings. The highest BCUT2D eigenvalue weighted by atomic mass is 16.6. The van der Waals surface area contributed by atoms with Crippen LogP contribution in [0.2, 0.25) is 0 Å². The molecule has 0 unspecified atom stereocenters. The molecule has 0 aliphatic carbocycles. The SMILES string of the molecule is Cc1c([N+](=O)[O-])ccc(=O)n1CC(=O)NCc1ccco1. The molecule has 1 amide bonds. The van der Waals surface area contributed by atoms with Gasteiger partial charge in [0.25, 0.3) is 11.2 Å². The van der Waals surface area contributed by atoms with Gasteiger partial charge in [-0.05, 0) is 19.1 Å². The molecule has 2 rings (SSSR count). The molecule has 0 saturated carbocycles. The summed E-state index contributed by atoms with van der Waals surface area (Å²) >= 11 is 0. The van der Waals surface area contributed by atoms with E-state index in [4.69, 9.17) is 4.42 Å². The van der Waals surface area contributed by atoms with E-state index in [1.165, 1.54) is 13.2 Å². The topological polar surface area (TPSA) is 107 Å². The fraction of sp³-hybridized carbons (Fsp3) is 0.231. The van der Waals surface area contributed by atoms with Crippen LogP contribution < -0.4 is 10.9 Å². The monoisotopic (exact) mass is 291 g/mol. The molecular formula is C13H13N3O5. The molecule has 8 heteroatoms. The minimum atomic E-state index is -0.591. The predicted octanol–water partition coefficient (Wildman–Crippen LogP) is 0.974. The number of amides is 1. The summed E-state index contributed by atoms with van der Waals surface area (Å²) in [5.41, 5.74) is -0.527. The van der Waals surface area contributed by atoms with Gasteiger partial charge >= 0.3 is 0 Å². The third-order valence-corrected chi connectivity index (χ3v) is 2.96. The van der Waals surface area contributed by atoms with Gasteiger partial charge in [0.1, 0.15) is 12.3 Å². The second kappa shape index (κ2) is 6.04. The quantitative estimate of drug-likeness (QED) is 0.652. The molecule has 110 valence electrons. The summed E-state index contributed by atoms with van der Waals surface area (Å²) < 4.78 is 6.12. The van der Waals surface area contributed by atoms with Crippen LogP contribution in [0.3, 0.4) is 0 Å². The van der Waals surface area contributed by atoms with Gasteiger partial charge in [0.15, 0.2) is 0 Å². The van der Waals surface area contributed by atoms with E-state index in [9.17, 15) is 19.7 Å². The molecule has 21 heavy (non-hydrogen) atoms. The van der Waals surface area contributed by atoms with Crippen LogP contribution in [-0.2, 0) is 17.9 Å². The zero-order valence-corrected chi connectivity index (χ0v) is 11.2. The van der Waals surface area contributed by atoms with Gasteiger partial charge in [0.2, 0.25) is 5.91 Å². The second-order valence-electron chi connectivity index (χ2n) is 4.34. The number of furan rings is 1. The Bertz CT molecular complexity index is 718. The van der Waals surface area contributed by atoms with Crippen LogP contribution in [0.25, 0.3) is 0 Å². The van der Waals surface area contributed by atoms with Crippen LogP contribution in [0.15, 0.2) is 39.7 Å². The van der Waals surface area contributed by atoms with Crippen molar-refractivity contribution >= 4 is 11.6 Å². The van der Waals surface area contributed by atoms with E-state index in [1.807, 2.05) is 0 Å². The Kier molecular flexibility index (Phi) is 4.17. The molecular weight excluding hydrogens is 278 g/mol. The maximum atomic E-state index is 11.8. The van der Waals surface area contributed by atoms with Crippen molar-refractivity contribution < 1.29 is 14.1 Å². The molecule has 2 heterocycles. The van der Waals surface area contributed by atoms with Crippen molar-refractivity contribution in [2.24, 2.45) is 0 Å². The first-order valence-electron chi connectivity index (χ1n) is 6.13. The summed E-state index contributed by atoms with van der Waals surface area (Å²) in [5.74, 6) is 0.142. The minimum absolute atomic E-state index is 0.139. The Morgan fingerprint density at radius 2 is 2.19 bits per heavy atom. The number of hydrogen-bond acceptors (Lipinski definition) is 5. The number of rotatable bonds is 5. The van der Waals surface area contributed by atoms with Crippen molar-refractivity contribution in [1.29, 1.82) is 0 Å². The molecule has 1 N–H and O–H groups in total. The Hall–Kier alpha value is -2.90. The summed E-state index contributed by atoms with van der Waals surface area (Å²) in [7, 11) is 0. The van der Waals surface area contributed by atoms with Crippen molar-refractivity contribution in [2.75, 3.05) is 0 Å². The molecule has 2 aromatic heterocycles. The summed E-state index contributed by atoms with van der Waals surface area (Å²) in [6, 6.07) is 5.60. The summed E-state index contributed by atoms with van der Waals surface area (Å²) in [6.07, 6.45) is 1.48. The highest BCUT2D eigenvalue weighted by Gasteiger charge is 2.16. The van der Waals surface area contributed by atoms with Crippen LogP contribution in [0.5, 0.6) is 0 Å². The van der Waals surface area contributed by atoms with Crippen molar-refractivity contribution in [3.63, 3.8) is 0 Å². The van der Waals surface area contributed by atoms with Crippen molar-refractivity contribution in [1.82, 2.24) is 9.88 Å². The van der Waals surface area contributed by atoms with Gasteiger partial charge in [-0.25, -0.2) is 0 Å². The van der Waals surface area contributed by atoms with Crippen molar-refractivity contribution in [2.45, 2.75) is 20.0 Å². The van der Waals surface area contributed by atoms with Crippen LogP contribution in [-0.4, -0.2) is 15.4 Å². The van der Waals surface area contributed by atoms with Gasteiger partial charge in [-0.3, -0.25) is 24.3 Å². The summed E-state index contributed by atoms with van der Waals surface area (Å²) in [5, 5.41) is 13.4. The number of nitrogens with one attached hydrogen (secondary N) is 1. The molecule has 0 aliphatic heterocycles. The van der Waals surface area contributed by atoms with E-state index >= 15 is 0 Å². The first kappa shape index (κ1) is 14.5. The fourth-order valence-electron chi connectivity index (χ4n) is 1.85. The number of nitrogens with zero attached hydrogens (tertiary/aromatic N) is 2. The lowest BCUT2D eigenvalue weighted by Gasteiger charge is -2.09. The zero-order valence-electron chi connectivity index (χ0n) is 11.2. The average molecular weight is 291 g/mol. The summed E-state index contributed by atoms with van der Waals surface area (Å²) in [4.78, 5) is 33.8. The van der Waals surface area contributed by atoms with Crippen LogP contribution in [0.1, 0.15) is 11.5 Å². The van der Waals surface area contributed by atoms with Gasteiger partial charge in [0, 0.05) is 12.1 Å². The molecule has 0 bridgehead atoms. The third-order valence-electron chi connectivity index (χ3n) is 2.96. The standard InChI is InChI=1S/C13H13N3O5/c1-9-11(16(19)20)4-5-13(18)15(9)8-12(17)14-7-10-3-2-6-21-10/h2-6H,7-8H2,1H3,(H,14,17). The first-order valence-corrected chi connectivity index (χ1v) is 6.13. The van der Waals surface area contributed by atoms with E-state index in [0.29, 0.717) is 5.76 Å². The molecule has 0 atom stereocenters. The number of pyridine rings is 1. The largest absolute Gasteiger partial charge is 0.467 e. The summed E-state index contributed by atoms with van der Waals surface area (Å²) in [6.45, 7) is 1.33. The van der Waals surface area contributed by atoms with Gasteiger partial charge in [-0.15, -0.1) is 0 Å². The lowest BCUT2D eigenvalue weighted by atomic mass is 10.3. The number of carbonyl (C=O) groups is 1. The molecule has 0 spiro atoms. The Labute approximate surface area is 119 Å². The van der Waals surface area contributed by atoms with Gasteiger partial charge in [0.05, 0.1) is 23.4 Å². The Morgan fingerprint density at radius 3 is 2.81 bits per heavy atom. The van der Waals surface area contributed by atoms with Crippen molar-refractivity contribution in [3.8, 4) is 0 Å². The Balaban J connectivity index is 2.11. The molecule has 0 fully saturated rings. The highest BCUT2D eigenvalue weighted by Crippen LogP contribution is 2.14. The second-order valence-corrected chi connectivity index (χ2v) is 4.34. The van der Waals surface area contributed by atoms with Gasteiger partial charge < -0.3 is 9.73 Å². The Morgan fingerprint density at radius 1 is 1.43 bits per heavy atom. The number of nitro groups is 1. The highest BCUT2D eigenvalue weighted by molar-refractivity contribution is 5.75. The number of carbonyl (C=O) groups excluding carboxylic acids is 1. The van der Waals surface area contributed by atoms with E-state index < -0.39 is 16.4 Å². The molecule has 2 aromatic rings. The molecule has 0 radical (unpaired) electrons. The maximum absolute atomic E-state index is 11.8. The lowest BCUT2D eigenvalue weighted by molar-refractivity contribution is -0.386.